The second-order valence-electron chi connectivity index (χ2n) is 6.68. The van der Waals surface area contributed by atoms with Gasteiger partial charge in [-0.25, -0.2) is 15.0 Å². The lowest BCUT2D eigenvalue weighted by Crippen LogP contribution is -2.52. The molecule has 0 aromatic carbocycles. The molecule has 1 aliphatic rings. The number of aromatic nitrogens is 3. The molecule has 0 bridgehead atoms. The number of pyridine rings is 1. The van der Waals surface area contributed by atoms with Crippen molar-refractivity contribution in [2.45, 2.75) is 20.0 Å². The molecular formula is C18H16F3N5OS2. The van der Waals surface area contributed by atoms with Gasteiger partial charge in [-0.3, -0.25) is 4.79 Å². The Hall–Kier alpha value is -2.53. The molecule has 1 aliphatic heterocycles. The molecule has 4 heterocycles. The van der Waals surface area contributed by atoms with Crippen LogP contribution in [0.25, 0.3) is 10.6 Å². The van der Waals surface area contributed by atoms with Crippen molar-refractivity contribution in [3.63, 3.8) is 0 Å². The standard InChI is InChI=1S/C18H16F3N5OS2/c1-9-15(29-10(2)23-9)13-8-28-17(24-13)25-16(27)11-6-26(7-11)12-3-4-14(22-5-12)18(19,20)21/h3-5,8,11H,6-7H2,1-2H3,(H,24,25,27). The van der Waals surface area contributed by atoms with Crippen LogP contribution < -0.4 is 10.2 Å². The van der Waals surface area contributed by atoms with Gasteiger partial charge in [-0.15, -0.1) is 22.7 Å². The van der Waals surface area contributed by atoms with Crippen molar-refractivity contribution in [3.8, 4) is 10.6 Å². The van der Waals surface area contributed by atoms with Gasteiger partial charge in [0.05, 0.1) is 39.1 Å². The van der Waals surface area contributed by atoms with E-state index in [9.17, 15) is 18.0 Å². The Morgan fingerprint density at radius 2 is 2.00 bits per heavy atom. The van der Waals surface area contributed by atoms with E-state index in [1.807, 2.05) is 24.1 Å². The molecule has 29 heavy (non-hydrogen) atoms. The summed E-state index contributed by atoms with van der Waals surface area (Å²) in [5.41, 5.74) is 1.34. The molecule has 0 spiro atoms. The second-order valence-corrected chi connectivity index (χ2v) is 8.74. The SMILES string of the molecule is Cc1nc(C)c(-c2csc(NC(=O)C3CN(c4ccc(C(F)(F)F)nc4)C3)n2)s1. The number of hydrogen-bond donors (Lipinski definition) is 1. The topological polar surface area (TPSA) is 71.0 Å². The molecule has 152 valence electrons. The second kappa shape index (κ2) is 7.38. The van der Waals surface area contributed by atoms with Gasteiger partial charge in [0, 0.05) is 18.5 Å². The van der Waals surface area contributed by atoms with Gasteiger partial charge in [-0.1, -0.05) is 0 Å². The number of alkyl halides is 3. The highest BCUT2D eigenvalue weighted by Crippen LogP contribution is 2.33. The Bertz CT molecular complexity index is 1040. The van der Waals surface area contributed by atoms with Gasteiger partial charge in [0.15, 0.2) is 5.13 Å². The summed E-state index contributed by atoms with van der Waals surface area (Å²) in [6.07, 6.45) is -3.28. The summed E-state index contributed by atoms with van der Waals surface area (Å²) < 4.78 is 37.8. The summed E-state index contributed by atoms with van der Waals surface area (Å²) in [6.45, 7) is 4.70. The Morgan fingerprint density at radius 3 is 2.59 bits per heavy atom. The van der Waals surface area contributed by atoms with Crippen LogP contribution in [0.5, 0.6) is 0 Å². The van der Waals surface area contributed by atoms with E-state index in [1.54, 1.807) is 11.3 Å². The highest BCUT2D eigenvalue weighted by atomic mass is 32.1. The summed E-state index contributed by atoms with van der Waals surface area (Å²) in [5, 5.41) is 6.19. The number of thiazole rings is 2. The molecule has 0 radical (unpaired) electrons. The number of carbonyl (C=O) groups is 1. The van der Waals surface area contributed by atoms with Crippen LogP contribution in [0.3, 0.4) is 0 Å². The van der Waals surface area contributed by atoms with E-state index in [0.717, 1.165) is 27.3 Å². The third kappa shape index (κ3) is 4.10. The zero-order valence-electron chi connectivity index (χ0n) is 15.4. The number of hydrogen-bond acceptors (Lipinski definition) is 7. The first-order valence-corrected chi connectivity index (χ1v) is 10.4. The first kappa shape index (κ1) is 19.8. The predicted octanol–water partition coefficient (Wildman–Crippen LogP) is 4.37. The number of aryl methyl sites for hydroxylation is 2. The number of amides is 1. The van der Waals surface area contributed by atoms with E-state index in [1.165, 1.54) is 23.6 Å². The highest BCUT2D eigenvalue weighted by Gasteiger charge is 2.35. The van der Waals surface area contributed by atoms with Crippen molar-refractivity contribution in [1.82, 2.24) is 15.0 Å². The molecular weight excluding hydrogens is 423 g/mol. The fourth-order valence-corrected chi connectivity index (χ4v) is 4.67. The minimum Gasteiger partial charge on any atom is -0.369 e. The lowest BCUT2D eigenvalue weighted by atomic mass is 9.98. The van der Waals surface area contributed by atoms with Crippen LogP contribution >= 0.6 is 22.7 Å². The first-order valence-electron chi connectivity index (χ1n) is 8.69. The fourth-order valence-electron chi connectivity index (χ4n) is 3.01. The maximum Gasteiger partial charge on any atom is 0.433 e. The molecule has 0 saturated carbocycles. The molecule has 0 unspecified atom stereocenters. The number of nitrogens with zero attached hydrogens (tertiary/aromatic N) is 4. The van der Waals surface area contributed by atoms with Gasteiger partial charge in [-0.05, 0) is 26.0 Å². The summed E-state index contributed by atoms with van der Waals surface area (Å²) >= 11 is 2.91. The molecule has 11 heteroatoms. The van der Waals surface area contributed by atoms with Crippen molar-refractivity contribution in [3.05, 3.63) is 40.1 Å². The Morgan fingerprint density at radius 1 is 1.24 bits per heavy atom. The van der Waals surface area contributed by atoms with E-state index in [0.29, 0.717) is 23.9 Å². The zero-order chi connectivity index (χ0) is 20.8. The minimum atomic E-state index is -4.46. The van der Waals surface area contributed by atoms with E-state index >= 15 is 0 Å². The highest BCUT2D eigenvalue weighted by molar-refractivity contribution is 7.16. The van der Waals surface area contributed by atoms with Crippen LogP contribution in [-0.4, -0.2) is 33.9 Å². The molecule has 4 rings (SSSR count). The van der Waals surface area contributed by atoms with Crippen LogP contribution in [0.15, 0.2) is 23.7 Å². The normalized spacial score (nSPS) is 14.7. The Balaban J connectivity index is 1.34. The monoisotopic (exact) mass is 439 g/mol. The van der Waals surface area contributed by atoms with Gasteiger partial charge < -0.3 is 10.2 Å². The van der Waals surface area contributed by atoms with Gasteiger partial charge in [-0.2, -0.15) is 13.2 Å². The minimum absolute atomic E-state index is 0.153. The van der Waals surface area contributed by atoms with Gasteiger partial charge in [0.1, 0.15) is 5.69 Å². The average Bonchev–Trinajstić information content (AvgIpc) is 3.19. The van der Waals surface area contributed by atoms with Crippen molar-refractivity contribution >= 4 is 39.4 Å². The van der Waals surface area contributed by atoms with Crippen molar-refractivity contribution < 1.29 is 18.0 Å². The smallest absolute Gasteiger partial charge is 0.369 e. The van der Waals surface area contributed by atoms with Crippen molar-refractivity contribution in [2.24, 2.45) is 5.92 Å². The lowest BCUT2D eigenvalue weighted by Gasteiger charge is -2.39. The third-order valence-electron chi connectivity index (χ3n) is 4.53. The molecule has 3 aromatic heterocycles. The molecule has 1 N–H and O–H groups in total. The number of halogens is 3. The Labute approximate surface area is 172 Å². The van der Waals surface area contributed by atoms with Crippen LogP contribution in [0.4, 0.5) is 24.0 Å². The summed E-state index contributed by atoms with van der Waals surface area (Å²) in [4.78, 5) is 27.5. The first-order chi connectivity index (χ1) is 13.7. The number of rotatable bonds is 4. The number of anilines is 2. The van der Waals surface area contributed by atoms with Gasteiger partial charge in [0.25, 0.3) is 0 Å². The Kier molecular flexibility index (Phi) is 5.03. The third-order valence-corrected chi connectivity index (χ3v) is 6.38. The van der Waals surface area contributed by atoms with Gasteiger partial charge >= 0.3 is 6.18 Å². The zero-order valence-corrected chi connectivity index (χ0v) is 17.1. The molecule has 1 saturated heterocycles. The molecule has 0 aliphatic carbocycles. The van der Waals surface area contributed by atoms with E-state index in [4.69, 9.17) is 0 Å². The predicted molar refractivity (Wildman–Crippen MR) is 106 cm³/mol. The van der Waals surface area contributed by atoms with E-state index < -0.39 is 11.9 Å². The number of nitrogens with one attached hydrogen (secondary N) is 1. The van der Waals surface area contributed by atoms with Crippen LogP contribution in [0.1, 0.15) is 16.4 Å². The van der Waals surface area contributed by atoms with Crippen LogP contribution in [0.2, 0.25) is 0 Å². The molecule has 0 atom stereocenters. The fraction of sp³-hybridized carbons (Fsp3) is 0.333. The van der Waals surface area contributed by atoms with Crippen LogP contribution in [0, 0.1) is 19.8 Å². The quantitative estimate of drug-likeness (QED) is 0.654. The lowest BCUT2D eigenvalue weighted by molar-refractivity contribution is -0.141. The molecule has 1 amide bonds. The number of carbonyl (C=O) groups excluding carboxylic acids is 1. The van der Waals surface area contributed by atoms with Crippen LogP contribution in [-0.2, 0) is 11.0 Å². The van der Waals surface area contributed by atoms with Crippen molar-refractivity contribution in [2.75, 3.05) is 23.3 Å². The molecule has 3 aromatic rings. The van der Waals surface area contributed by atoms with E-state index in [-0.39, 0.29) is 11.8 Å². The average molecular weight is 439 g/mol. The summed E-state index contributed by atoms with van der Waals surface area (Å²) in [6, 6.07) is 2.32. The van der Waals surface area contributed by atoms with E-state index in [2.05, 4.69) is 20.3 Å². The van der Waals surface area contributed by atoms with Gasteiger partial charge in [0.2, 0.25) is 5.91 Å². The largest absolute Gasteiger partial charge is 0.433 e. The summed E-state index contributed by atoms with van der Waals surface area (Å²) in [5.74, 6) is -0.406. The maximum atomic E-state index is 12.6. The van der Waals surface area contributed by atoms with Crippen molar-refractivity contribution in [1.29, 1.82) is 0 Å². The molecule has 1 fully saturated rings. The summed E-state index contributed by atoms with van der Waals surface area (Å²) in [7, 11) is 0. The molecule has 6 nitrogen and oxygen atoms in total. The maximum absolute atomic E-state index is 12.6.